The zero-order chi connectivity index (χ0) is 16.0. The summed E-state index contributed by atoms with van der Waals surface area (Å²) in [6, 6.07) is 7.51. The maximum Gasteiger partial charge on any atom is 0.348 e. The molecule has 2 aliphatic rings. The molecule has 4 rings (SSSR count). The molecule has 0 saturated carbocycles. The van der Waals surface area contributed by atoms with E-state index in [4.69, 9.17) is 0 Å². The summed E-state index contributed by atoms with van der Waals surface area (Å²) in [5.74, 6) is 0.523. The Hall–Kier alpha value is -2.33. The van der Waals surface area contributed by atoms with E-state index in [1.54, 1.807) is 0 Å². The Morgan fingerprint density at radius 3 is 3.00 bits per heavy atom. The summed E-state index contributed by atoms with van der Waals surface area (Å²) >= 11 is 1.51. The molecule has 0 fully saturated rings. The van der Waals surface area contributed by atoms with Crippen molar-refractivity contribution >= 4 is 49.9 Å². The number of nitrogens with one attached hydrogen (secondary N) is 1. The smallest absolute Gasteiger partial charge is 0.258 e. The van der Waals surface area contributed by atoms with Crippen molar-refractivity contribution in [1.82, 2.24) is 20.4 Å². The SMILES string of the molecule is CS(=O)CN1NN=C2C(c3nc4ccccc4s3)=NCN2C1=O. The molecule has 1 aromatic heterocycles. The lowest BCUT2D eigenvalue weighted by Crippen LogP contribution is -2.55. The van der Waals surface area contributed by atoms with Gasteiger partial charge >= 0.3 is 6.03 Å². The second kappa shape index (κ2) is 5.39. The Balaban J connectivity index is 1.66. The van der Waals surface area contributed by atoms with E-state index < -0.39 is 10.8 Å². The minimum Gasteiger partial charge on any atom is -0.258 e. The molecule has 2 aromatic rings. The molecule has 2 amide bonds. The predicted octanol–water partition coefficient (Wildman–Crippen LogP) is 0.948. The van der Waals surface area contributed by atoms with Crippen molar-refractivity contribution in [1.29, 1.82) is 0 Å². The van der Waals surface area contributed by atoms with Gasteiger partial charge in [-0.3, -0.25) is 14.1 Å². The van der Waals surface area contributed by atoms with Gasteiger partial charge in [-0.25, -0.2) is 20.3 Å². The molecule has 1 atom stereocenters. The number of thiazole rings is 1. The molecule has 0 spiro atoms. The number of aliphatic imine (C=N–C) groups is 1. The number of benzene rings is 1. The number of hydrazone groups is 1. The number of fused-ring (bicyclic) bond motifs is 2. The van der Waals surface area contributed by atoms with Gasteiger partial charge in [-0.2, -0.15) is 0 Å². The van der Waals surface area contributed by atoms with Gasteiger partial charge in [-0.1, -0.05) is 12.1 Å². The third-order valence-corrected chi connectivity index (χ3v) is 5.05. The largest absolute Gasteiger partial charge is 0.348 e. The first-order valence-corrected chi connectivity index (χ1v) is 9.31. The van der Waals surface area contributed by atoms with Gasteiger partial charge in [-0.15, -0.1) is 16.4 Å². The molecular weight excluding hydrogens is 336 g/mol. The van der Waals surface area contributed by atoms with E-state index in [-0.39, 0.29) is 18.6 Å². The molecule has 23 heavy (non-hydrogen) atoms. The summed E-state index contributed by atoms with van der Waals surface area (Å²) in [5, 5.41) is 6.15. The highest BCUT2D eigenvalue weighted by atomic mass is 32.2. The average molecular weight is 348 g/mol. The van der Waals surface area contributed by atoms with Crippen molar-refractivity contribution in [3.05, 3.63) is 29.3 Å². The number of rotatable bonds is 3. The van der Waals surface area contributed by atoms with Crippen molar-refractivity contribution in [3.8, 4) is 0 Å². The van der Waals surface area contributed by atoms with Crippen LogP contribution in [0.3, 0.4) is 0 Å². The molecular formula is C13H12N6O2S2. The highest BCUT2D eigenvalue weighted by Crippen LogP contribution is 2.25. The maximum atomic E-state index is 12.4. The van der Waals surface area contributed by atoms with Gasteiger partial charge in [0, 0.05) is 17.1 Å². The van der Waals surface area contributed by atoms with E-state index in [1.807, 2.05) is 24.3 Å². The monoisotopic (exact) mass is 348 g/mol. The van der Waals surface area contributed by atoms with Crippen LogP contribution in [0.5, 0.6) is 0 Å². The number of hydrogen-bond acceptors (Lipinski definition) is 7. The number of nitrogens with zero attached hydrogens (tertiary/aromatic N) is 5. The molecule has 0 radical (unpaired) electrons. The van der Waals surface area contributed by atoms with Gasteiger partial charge in [0.1, 0.15) is 23.3 Å². The number of carbonyl (C=O) groups is 1. The van der Waals surface area contributed by atoms with E-state index in [0.717, 1.165) is 15.2 Å². The van der Waals surface area contributed by atoms with Crippen molar-refractivity contribution in [2.75, 3.05) is 18.8 Å². The highest BCUT2D eigenvalue weighted by Gasteiger charge is 2.37. The second-order valence-corrected chi connectivity index (χ2v) is 7.45. The van der Waals surface area contributed by atoms with Gasteiger partial charge in [0.25, 0.3) is 0 Å². The fourth-order valence-electron chi connectivity index (χ4n) is 2.37. The van der Waals surface area contributed by atoms with Crippen LogP contribution in [0.15, 0.2) is 34.4 Å². The fourth-order valence-corrected chi connectivity index (χ4v) is 3.87. The normalized spacial score (nSPS) is 18.6. The minimum absolute atomic E-state index is 0.0720. The number of hydrazine groups is 1. The van der Waals surface area contributed by atoms with Crippen LogP contribution in [0.25, 0.3) is 10.2 Å². The average Bonchev–Trinajstić information content (AvgIpc) is 3.13. The van der Waals surface area contributed by atoms with Crippen LogP contribution in [0, 0.1) is 0 Å². The van der Waals surface area contributed by atoms with E-state index in [9.17, 15) is 9.00 Å². The number of carbonyl (C=O) groups excluding carboxylic acids is 1. The van der Waals surface area contributed by atoms with Gasteiger partial charge in [-0.05, 0) is 12.1 Å². The molecule has 0 saturated heterocycles. The number of para-hydroxylation sites is 1. The molecule has 1 aromatic carbocycles. The number of urea groups is 1. The highest BCUT2D eigenvalue weighted by molar-refractivity contribution is 7.84. The van der Waals surface area contributed by atoms with E-state index in [1.165, 1.54) is 27.5 Å². The summed E-state index contributed by atoms with van der Waals surface area (Å²) in [6.07, 6.45) is 1.53. The van der Waals surface area contributed by atoms with Crippen molar-refractivity contribution in [3.63, 3.8) is 0 Å². The van der Waals surface area contributed by atoms with Gasteiger partial charge in [0.2, 0.25) is 0 Å². The summed E-state index contributed by atoms with van der Waals surface area (Å²) in [4.78, 5) is 22.8. The van der Waals surface area contributed by atoms with Crippen LogP contribution in [-0.2, 0) is 10.8 Å². The topological polar surface area (TPSA) is 90.3 Å². The lowest BCUT2D eigenvalue weighted by atomic mass is 10.3. The maximum absolute atomic E-state index is 12.4. The van der Waals surface area contributed by atoms with Crippen LogP contribution >= 0.6 is 11.3 Å². The Kier molecular flexibility index (Phi) is 3.34. The second-order valence-electron chi connectivity index (χ2n) is 5.01. The Bertz CT molecular complexity index is 856. The summed E-state index contributed by atoms with van der Waals surface area (Å²) in [7, 11) is -1.15. The number of aromatic nitrogens is 1. The zero-order valence-electron chi connectivity index (χ0n) is 12.1. The number of amides is 2. The lowest BCUT2D eigenvalue weighted by Gasteiger charge is -2.30. The van der Waals surface area contributed by atoms with E-state index in [0.29, 0.717) is 11.5 Å². The summed E-state index contributed by atoms with van der Waals surface area (Å²) in [5.41, 5.74) is 4.14. The van der Waals surface area contributed by atoms with Gasteiger partial charge < -0.3 is 0 Å². The first-order chi connectivity index (χ1) is 11.1. The van der Waals surface area contributed by atoms with Crippen LogP contribution in [0.2, 0.25) is 0 Å². The third-order valence-electron chi connectivity index (χ3n) is 3.38. The van der Waals surface area contributed by atoms with Crippen LogP contribution in [-0.4, -0.2) is 55.5 Å². The Labute approximate surface area is 137 Å². The molecule has 2 aliphatic heterocycles. The standard InChI is InChI=1S/C13H12N6O2S2/c1-23(21)7-19-13(20)18-6-14-10(11(18)16-17-19)12-15-8-4-2-3-5-9(8)22-12/h2-5,17H,6-7H2,1H3. The summed E-state index contributed by atoms with van der Waals surface area (Å²) in [6.45, 7) is 0.192. The lowest BCUT2D eigenvalue weighted by molar-refractivity contribution is 0.155. The van der Waals surface area contributed by atoms with Gasteiger partial charge in [0.15, 0.2) is 5.84 Å². The predicted molar refractivity (Wildman–Crippen MR) is 89.6 cm³/mol. The van der Waals surface area contributed by atoms with Crippen LogP contribution in [0.1, 0.15) is 5.01 Å². The number of hydrogen-bond donors (Lipinski definition) is 1. The first-order valence-electron chi connectivity index (χ1n) is 6.76. The molecule has 118 valence electrons. The molecule has 3 heterocycles. The molecule has 1 N–H and O–H groups in total. The Morgan fingerprint density at radius 1 is 1.39 bits per heavy atom. The minimum atomic E-state index is -1.15. The molecule has 8 nitrogen and oxygen atoms in total. The third kappa shape index (κ3) is 2.39. The molecule has 0 aliphatic carbocycles. The summed E-state index contributed by atoms with van der Waals surface area (Å²) < 4.78 is 12.4. The van der Waals surface area contributed by atoms with E-state index >= 15 is 0 Å². The quantitative estimate of drug-likeness (QED) is 0.894. The fraction of sp³-hybridized carbons (Fsp3) is 0.231. The van der Waals surface area contributed by atoms with Crippen molar-refractivity contribution in [2.24, 2.45) is 10.1 Å². The van der Waals surface area contributed by atoms with Crippen LogP contribution in [0.4, 0.5) is 4.79 Å². The number of amidine groups is 1. The molecule has 0 bridgehead atoms. The Morgan fingerprint density at radius 2 is 2.22 bits per heavy atom. The van der Waals surface area contributed by atoms with E-state index in [2.05, 4.69) is 20.6 Å². The van der Waals surface area contributed by atoms with Crippen molar-refractivity contribution < 1.29 is 9.00 Å². The van der Waals surface area contributed by atoms with Crippen molar-refractivity contribution in [2.45, 2.75) is 0 Å². The molecule has 10 heteroatoms. The zero-order valence-corrected chi connectivity index (χ0v) is 13.7. The van der Waals surface area contributed by atoms with Gasteiger partial charge in [0.05, 0.1) is 10.2 Å². The van der Waals surface area contributed by atoms with Crippen LogP contribution < -0.4 is 5.53 Å². The molecule has 1 unspecified atom stereocenters. The first kappa shape index (κ1) is 14.3.